The van der Waals surface area contributed by atoms with Gasteiger partial charge in [-0.05, 0) is 161 Å². The maximum atomic E-state index is 13.0. The fourth-order valence-corrected chi connectivity index (χ4v) is 8.68. The van der Waals surface area contributed by atoms with Crippen LogP contribution in [-0.4, -0.2) is 126 Å². The van der Waals surface area contributed by atoms with Crippen LogP contribution in [0.1, 0.15) is 178 Å². The van der Waals surface area contributed by atoms with Gasteiger partial charge in [-0.1, -0.05) is 48.5 Å². The van der Waals surface area contributed by atoms with Gasteiger partial charge in [0.2, 0.25) is 0 Å². The summed E-state index contributed by atoms with van der Waals surface area (Å²) in [5.74, 6) is 4.69. The standard InChI is InChI=1S/C18H22F3N3O3.C17H19F3N4O3.C12H11F3N4O.C10H15F3N4O2.C10H14F3N3O2.C5H6F3N3/c1-17(2,3)27-16(25)22-10-13-9-15(18(19,20)21)23-24(13)11-12-5-7-14(26-4)8-6-12;1-16(2,3)27-15(26)21-10-12-9-13(17(18,19)20)22-24(12)23-14(25)11-7-5-4-6-8-11;13-12(14,15)10-6-9(7-16)19(17-10)18-11(20)8-4-2-1-3-5-8;1-9(2,3)19-8(18)15-5-6-4-7(10(11,12)13)16-17(6)14;1-9(2,3)18-8(17)14-5-6-4-7(16-15-6)10(11,12)13;6-5(7,8)4-1-3(2-9)10-11-4/h5-9H,10-11H2,1-4H3,(H,22,25);4-9H,10H2,1-3H3,(H,21,26)(H,23,25);1-6H,7,16H2,(H,18,20);4H,5,14H2,1-3H3,(H,15,18);4H,5H2,1-3H3,(H,14,17)(H,15,16);1H,2,9H2,(H,10,11). The van der Waals surface area contributed by atoms with Crippen molar-refractivity contribution in [3.8, 4) is 5.75 Å². The highest BCUT2D eigenvalue weighted by atomic mass is 19.4. The lowest BCUT2D eigenvalue weighted by Crippen LogP contribution is -2.34. The number of hydrogen-bond donors (Lipinski definition) is 11. The normalized spacial score (nSPS) is 11.9. The highest BCUT2D eigenvalue weighted by Gasteiger charge is 2.40. The van der Waals surface area contributed by atoms with Crippen molar-refractivity contribution in [3.63, 3.8) is 0 Å². The second-order valence-corrected chi connectivity index (χ2v) is 28.8. The molecule has 672 valence electrons. The van der Waals surface area contributed by atoms with Crippen LogP contribution in [-0.2, 0) is 102 Å². The van der Waals surface area contributed by atoms with Crippen LogP contribution in [0.2, 0.25) is 0 Å². The van der Waals surface area contributed by atoms with E-state index in [2.05, 4.69) is 72.9 Å². The summed E-state index contributed by atoms with van der Waals surface area (Å²) in [6, 6.07) is 27.8. The average Bonchev–Trinajstić information content (AvgIpc) is 1.68. The van der Waals surface area contributed by atoms with Gasteiger partial charge in [-0.25, -0.2) is 30.0 Å². The minimum absolute atomic E-state index is 0.0122. The lowest BCUT2D eigenvalue weighted by atomic mass is 10.2. The van der Waals surface area contributed by atoms with Crippen molar-refractivity contribution in [1.82, 2.24) is 81.1 Å². The van der Waals surface area contributed by atoms with Gasteiger partial charge in [0.05, 0.1) is 68.3 Å². The second kappa shape index (κ2) is 42.4. The zero-order valence-corrected chi connectivity index (χ0v) is 67.0. The molecule has 0 spiro atoms. The number of carbonyl (C=O) groups is 6. The molecule has 0 fully saturated rings. The third-order valence-electron chi connectivity index (χ3n) is 13.9. The number of halogens is 18. The molecular formula is C72H87F18N21O11. The van der Waals surface area contributed by atoms with E-state index in [4.69, 9.17) is 41.0 Å². The zero-order chi connectivity index (χ0) is 92.5. The molecule has 0 bridgehead atoms. The molecular weight excluding hydrogens is 1680 g/mol. The van der Waals surface area contributed by atoms with Gasteiger partial charge in [0.25, 0.3) is 11.8 Å². The van der Waals surface area contributed by atoms with E-state index in [0.717, 1.165) is 46.8 Å². The SMILES string of the molecule is CC(C)(C)OC(=O)NCc1cc(C(F)(F)F)n[nH]1.CC(C)(C)OC(=O)NCc1cc(C(F)(F)F)nn1N.CC(C)(C)OC(=O)NCc1cc(C(F)(F)F)nn1NC(=O)c1ccccc1.COc1ccc(Cn2nc(C(F)(F)F)cc2CNC(=O)OC(C)(C)C)cc1.NCc1cc(C(F)(F)F)n[nH]1.NCc1cc(C(F)(F)F)nn1NC(=O)c1ccccc1. The summed E-state index contributed by atoms with van der Waals surface area (Å²) in [4.78, 5) is 72.1. The number of alkyl carbamates (subject to hydrolysis) is 4. The smallest absolute Gasteiger partial charge is 0.435 e. The van der Waals surface area contributed by atoms with E-state index in [9.17, 15) is 108 Å². The van der Waals surface area contributed by atoms with Gasteiger partial charge in [0, 0.05) is 29.9 Å². The molecule has 6 amide bonds. The summed E-state index contributed by atoms with van der Waals surface area (Å²) in [5, 5.41) is 33.3. The number of hydrogen-bond acceptors (Lipinski definition) is 20. The molecule has 0 radical (unpaired) electrons. The first kappa shape index (κ1) is 102. The van der Waals surface area contributed by atoms with Gasteiger partial charge in [-0.15, -0.1) is 15.3 Å². The predicted octanol–water partition coefficient (Wildman–Crippen LogP) is 14.0. The number of methoxy groups -OCH3 is 1. The number of aromatic nitrogens is 12. The van der Waals surface area contributed by atoms with Gasteiger partial charge in [-0.2, -0.15) is 109 Å². The maximum absolute atomic E-state index is 13.0. The summed E-state index contributed by atoms with van der Waals surface area (Å²) in [7, 11) is 1.53. The van der Waals surface area contributed by atoms with Crippen LogP contribution in [0, 0.1) is 0 Å². The van der Waals surface area contributed by atoms with E-state index in [1.807, 2.05) is 0 Å². The monoisotopic (exact) mass is 1760 g/mol. The van der Waals surface area contributed by atoms with Gasteiger partial charge < -0.3 is 62.3 Å². The van der Waals surface area contributed by atoms with E-state index < -0.39 is 130 Å². The molecule has 0 unspecified atom stereocenters. The highest BCUT2D eigenvalue weighted by Crippen LogP contribution is 2.34. The molecule has 0 atom stereocenters. The number of carbonyl (C=O) groups excluding carboxylic acids is 6. The summed E-state index contributed by atoms with van der Waals surface area (Å²) in [6.45, 7) is 19.3. The Morgan fingerprint density at radius 1 is 0.377 bits per heavy atom. The molecule has 0 saturated heterocycles. The molecule has 3 aromatic carbocycles. The Morgan fingerprint density at radius 2 is 0.697 bits per heavy atom. The van der Waals surface area contributed by atoms with Crippen molar-refractivity contribution in [2.75, 3.05) is 23.8 Å². The first-order chi connectivity index (χ1) is 55.9. The average molecular weight is 1760 g/mol. The Balaban J connectivity index is 0.000000313. The summed E-state index contributed by atoms with van der Waals surface area (Å²) >= 11 is 0. The number of alkyl halides is 18. The van der Waals surface area contributed by atoms with Crippen molar-refractivity contribution < 1.29 is 131 Å². The Kier molecular flexibility index (Phi) is 35.3. The number of ether oxygens (including phenoxy) is 5. The minimum atomic E-state index is -4.70. The third kappa shape index (κ3) is 36.8. The van der Waals surface area contributed by atoms with Crippen LogP contribution in [0.25, 0.3) is 0 Å². The number of nitrogen functional groups attached to an aromatic ring is 1. The van der Waals surface area contributed by atoms with E-state index in [0.29, 0.717) is 20.9 Å². The van der Waals surface area contributed by atoms with Crippen molar-refractivity contribution in [2.24, 2.45) is 11.5 Å². The molecule has 0 aliphatic heterocycles. The summed E-state index contributed by atoms with van der Waals surface area (Å²) < 4.78 is 251. The van der Waals surface area contributed by atoms with Crippen molar-refractivity contribution in [1.29, 1.82) is 0 Å². The molecule has 6 aromatic heterocycles. The Bertz CT molecular complexity index is 4830. The van der Waals surface area contributed by atoms with E-state index in [1.165, 1.54) is 36.1 Å². The molecule has 0 saturated carbocycles. The molecule has 0 aliphatic rings. The number of H-pyrrole nitrogens is 2. The number of aromatic amines is 2. The Labute approximate surface area is 682 Å². The molecule has 122 heavy (non-hydrogen) atoms. The first-order valence-corrected chi connectivity index (χ1v) is 35.2. The Hall–Kier alpha value is -12.8. The lowest BCUT2D eigenvalue weighted by Gasteiger charge is -2.19. The molecule has 9 aromatic rings. The lowest BCUT2D eigenvalue weighted by molar-refractivity contribution is -0.142. The predicted molar refractivity (Wildman–Crippen MR) is 397 cm³/mol. The zero-order valence-electron chi connectivity index (χ0n) is 67.0. The van der Waals surface area contributed by atoms with Crippen molar-refractivity contribution in [3.05, 3.63) is 206 Å². The topological polar surface area (TPSA) is 427 Å². The maximum Gasteiger partial charge on any atom is 0.435 e. The van der Waals surface area contributed by atoms with Crippen molar-refractivity contribution in [2.45, 2.75) is 188 Å². The van der Waals surface area contributed by atoms with Crippen LogP contribution in [0.4, 0.5) is 98.2 Å². The molecule has 14 N–H and O–H groups in total. The molecule has 32 nitrogen and oxygen atoms in total. The Morgan fingerprint density at radius 3 is 1.04 bits per heavy atom. The van der Waals surface area contributed by atoms with E-state index in [-0.39, 0.29) is 85.5 Å². The van der Waals surface area contributed by atoms with Gasteiger partial charge in [-0.3, -0.25) is 24.5 Å². The van der Waals surface area contributed by atoms with Gasteiger partial charge in [0.15, 0.2) is 34.2 Å². The van der Waals surface area contributed by atoms with Crippen LogP contribution in [0.5, 0.6) is 5.75 Å². The molecule has 50 heteroatoms. The van der Waals surface area contributed by atoms with Gasteiger partial charge in [0.1, 0.15) is 28.2 Å². The second-order valence-electron chi connectivity index (χ2n) is 28.8. The van der Waals surface area contributed by atoms with Crippen LogP contribution >= 0.6 is 0 Å². The van der Waals surface area contributed by atoms with Gasteiger partial charge >= 0.3 is 61.4 Å². The number of amides is 6. The van der Waals surface area contributed by atoms with Crippen molar-refractivity contribution >= 4 is 36.2 Å². The molecule has 0 aliphatic carbocycles. The molecule has 9 rings (SSSR count). The quantitative estimate of drug-likeness (QED) is 0.0229. The van der Waals surface area contributed by atoms with Crippen LogP contribution < -0.4 is 54.2 Å². The fourth-order valence-electron chi connectivity index (χ4n) is 8.68. The number of nitrogens with one attached hydrogen (secondary N) is 8. The first-order valence-electron chi connectivity index (χ1n) is 35.2. The highest BCUT2D eigenvalue weighted by molar-refractivity contribution is 6.00. The van der Waals surface area contributed by atoms with Crippen LogP contribution in [0.15, 0.2) is 121 Å². The fraction of sp³-hybridized carbons (Fsp3) is 0.417. The third-order valence-corrected chi connectivity index (χ3v) is 13.9. The molecule has 6 heterocycles. The number of nitrogens with zero attached hydrogens (tertiary/aromatic N) is 10. The number of nitrogens with two attached hydrogens (primary N) is 3. The minimum Gasteiger partial charge on any atom is -0.497 e. The largest absolute Gasteiger partial charge is 0.497 e. The van der Waals surface area contributed by atoms with Crippen LogP contribution in [0.3, 0.4) is 0 Å². The van der Waals surface area contributed by atoms with E-state index in [1.54, 1.807) is 144 Å². The summed E-state index contributed by atoms with van der Waals surface area (Å²) in [5.41, 5.74) is 7.65. The number of rotatable bonds is 17. The number of benzene rings is 3. The summed E-state index contributed by atoms with van der Waals surface area (Å²) in [6.07, 6.45) is -30.3. The van der Waals surface area contributed by atoms with E-state index >= 15 is 0 Å².